The summed E-state index contributed by atoms with van der Waals surface area (Å²) in [6.45, 7) is 3.75. The summed E-state index contributed by atoms with van der Waals surface area (Å²) < 4.78 is 0. The number of anilines is 1. The first-order valence-corrected chi connectivity index (χ1v) is 6.96. The minimum atomic E-state index is -0.0271. The third kappa shape index (κ3) is 2.17. The molecule has 0 unspecified atom stereocenters. The van der Waals surface area contributed by atoms with Crippen molar-refractivity contribution >= 4 is 28.6 Å². The standard InChI is InChI=1S/C14H13N3OS/c1-8(2)14(18)16-9-3-4-11-10(5-9)13(17-11)12-6-15-7-19-12/h3-8H,1-2H3,(H,16,18). The highest BCUT2D eigenvalue weighted by Crippen LogP contribution is 2.19. The molecule has 0 fully saturated rings. The zero-order valence-corrected chi connectivity index (χ0v) is 11.5. The lowest BCUT2D eigenvalue weighted by Crippen LogP contribution is -2.35. The van der Waals surface area contributed by atoms with E-state index in [1.807, 2.05) is 38.2 Å². The molecular weight excluding hydrogens is 258 g/mol. The number of fused-ring (bicyclic) bond motifs is 1. The highest BCUT2D eigenvalue weighted by atomic mass is 32.1. The predicted octanol–water partition coefficient (Wildman–Crippen LogP) is 1.53. The molecule has 0 radical (unpaired) electrons. The smallest absolute Gasteiger partial charge is 0.226 e. The quantitative estimate of drug-likeness (QED) is 0.920. The third-order valence-corrected chi connectivity index (χ3v) is 3.72. The van der Waals surface area contributed by atoms with E-state index in [1.54, 1.807) is 16.8 Å². The van der Waals surface area contributed by atoms with Gasteiger partial charge in [-0.2, -0.15) is 0 Å². The Hall–Kier alpha value is -2.01. The monoisotopic (exact) mass is 271 g/mol. The van der Waals surface area contributed by atoms with E-state index in [2.05, 4.69) is 15.3 Å². The van der Waals surface area contributed by atoms with E-state index in [0.717, 1.165) is 26.8 Å². The Morgan fingerprint density at radius 2 is 2.21 bits per heavy atom. The zero-order valence-electron chi connectivity index (χ0n) is 10.7. The number of aromatic nitrogens is 1. The van der Waals surface area contributed by atoms with Crippen molar-refractivity contribution in [3.05, 3.63) is 45.4 Å². The Balaban J connectivity index is 1.97. The fourth-order valence-corrected chi connectivity index (χ4v) is 2.46. The SMILES string of the molecule is CC(C)C(=O)Nc1ccc2c(c1)=C(c1cncs1)N=2. The van der Waals surface area contributed by atoms with Crippen molar-refractivity contribution < 1.29 is 4.79 Å². The van der Waals surface area contributed by atoms with E-state index in [9.17, 15) is 4.79 Å². The van der Waals surface area contributed by atoms with Crippen molar-refractivity contribution in [3.63, 3.8) is 0 Å². The fourth-order valence-electron chi connectivity index (χ4n) is 1.84. The Kier molecular flexibility index (Phi) is 2.91. The molecule has 1 aromatic carbocycles. The number of rotatable bonds is 3. The van der Waals surface area contributed by atoms with Crippen LogP contribution in [-0.4, -0.2) is 10.9 Å². The van der Waals surface area contributed by atoms with E-state index in [1.165, 1.54) is 0 Å². The molecule has 19 heavy (non-hydrogen) atoms. The molecular formula is C14H13N3OS. The fraction of sp³-hybridized carbons (Fsp3) is 0.214. The summed E-state index contributed by atoms with van der Waals surface area (Å²) in [4.78, 5) is 21.3. The summed E-state index contributed by atoms with van der Waals surface area (Å²) in [6.07, 6.45) is 1.81. The second kappa shape index (κ2) is 4.59. The van der Waals surface area contributed by atoms with Crippen LogP contribution < -0.4 is 15.9 Å². The van der Waals surface area contributed by atoms with Crippen LogP contribution in [0.15, 0.2) is 34.9 Å². The first-order valence-electron chi connectivity index (χ1n) is 6.08. The summed E-state index contributed by atoms with van der Waals surface area (Å²) in [7, 11) is 0. The Morgan fingerprint density at radius 1 is 1.37 bits per heavy atom. The lowest BCUT2D eigenvalue weighted by atomic mass is 10.1. The van der Waals surface area contributed by atoms with Crippen LogP contribution in [0, 0.1) is 5.92 Å². The van der Waals surface area contributed by atoms with Crippen molar-refractivity contribution in [1.82, 2.24) is 4.98 Å². The molecule has 0 bridgehead atoms. The van der Waals surface area contributed by atoms with Crippen LogP contribution in [0.5, 0.6) is 0 Å². The van der Waals surface area contributed by atoms with E-state index in [0.29, 0.717) is 0 Å². The molecule has 0 saturated carbocycles. The first-order chi connectivity index (χ1) is 9.15. The molecule has 96 valence electrons. The summed E-state index contributed by atoms with van der Waals surface area (Å²) >= 11 is 1.57. The van der Waals surface area contributed by atoms with Gasteiger partial charge < -0.3 is 5.32 Å². The molecule has 0 saturated heterocycles. The van der Waals surface area contributed by atoms with Gasteiger partial charge in [0, 0.05) is 23.0 Å². The first kappa shape index (κ1) is 12.0. The van der Waals surface area contributed by atoms with Gasteiger partial charge in [0.15, 0.2) is 0 Å². The average molecular weight is 271 g/mol. The van der Waals surface area contributed by atoms with Gasteiger partial charge in [-0.05, 0) is 18.2 Å². The maximum Gasteiger partial charge on any atom is 0.226 e. The third-order valence-electron chi connectivity index (χ3n) is 2.94. The van der Waals surface area contributed by atoms with Gasteiger partial charge in [-0.15, -0.1) is 11.3 Å². The van der Waals surface area contributed by atoms with E-state index in [-0.39, 0.29) is 11.8 Å². The van der Waals surface area contributed by atoms with Crippen molar-refractivity contribution in [3.8, 4) is 0 Å². The van der Waals surface area contributed by atoms with Crippen LogP contribution in [0.2, 0.25) is 0 Å². The van der Waals surface area contributed by atoms with E-state index >= 15 is 0 Å². The van der Waals surface area contributed by atoms with Crippen LogP contribution in [0.3, 0.4) is 0 Å². The molecule has 2 heterocycles. The van der Waals surface area contributed by atoms with Gasteiger partial charge in [-0.1, -0.05) is 13.8 Å². The maximum atomic E-state index is 11.7. The molecule has 1 aliphatic rings. The molecule has 3 rings (SSSR count). The molecule has 0 atom stereocenters. The van der Waals surface area contributed by atoms with Gasteiger partial charge in [0.1, 0.15) is 0 Å². The lowest BCUT2D eigenvalue weighted by molar-refractivity contribution is -0.118. The largest absolute Gasteiger partial charge is 0.326 e. The number of thiazole rings is 1. The van der Waals surface area contributed by atoms with Gasteiger partial charge in [-0.3, -0.25) is 9.78 Å². The van der Waals surface area contributed by atoms with Gasteiger partial charge in [-0.25, -0.2) is 4.99 Å². The molecule has 1 aliphatic heterocycles. The minimum Gasteiger partial charge on any atom is -0.326 e. The lowest BCUT2D eigenvalue weighted by Gasteiger charge is -2.11. The number of nitrogens with zero attached hydrogens (tertiary/aromatic N) is 2. The van der Waals surface area contributed by atoms with Crippen molar-refractivity contribution in [2.45, 2.75) is 13.8 Å². The molecule has 1 aromatic heterocycles. The van der Waals surface area contributed by atoms with Crippen molar-refractivity contribution in [1.29, 1.82) is 0 Å². The van der Waals surface area contributed by atoms with Crippen LogP contribution in [0.25, 0.3) is 5.70 Å². The topological polar surface area (TPSA) is 54.4 Å². The summed E-state index contributed by atoms with van der Waals surface area (Å²) in [6, 6.07) is 5.78. The van der Waals surface area contributed by atoms with Crippen LogP contribution in [-0.2, 0) is 4.79 Å². The Morgan fingerprint density at radius 3 is 2.89 bits per heavy atom. The van der Waals surface area contributed by atoms with E-state index < -0.39 is 0 Å². The summed E-state index contributed by atoms with van der Waals surface area (Å²) in [5, 5.41) is 4.94. The molecule has 4 nitrogen and oxygen atoms in total. The Bertz CT molecular complexity index is 747. The normalized spacial score (nSPS) is 12.7. The summed E-state index contributed by atoms with van der Waals surface area (Å²) in [5.74, 6) is -0.00347. The number of nitrogens with one attached hydrogen (secondary N) is 1. The van der Waals surface area contributed by atoms with Crippen LogP contribution >= 0.6 is 11.3 Å². The summed E-state index contributed by atoms with van der Waals surface area (Å²) in [5.41, 5.74) is 3.56. The number of carbonyl (C=O) groups is 1. The molecule has 5 heteroatoms. The number of carbonyl (C=O) groups excluding carboxylic acids is 1. The van der Waals surface area contributed by atoms with Gasteiger partial charge in [0.25, 0.3) is 0 Å². The molecule has 2 aromatic rings. The van der Waals surface area contributed by atoms with Gasteiger partial charge in [0.05, 0.1) is 21.4 Å². The number of amides is 1. The molecule has 0 aliphatic carbocycles. The van der Waals surface area contributed by atoms with Crippen LogP contribution in [0.1, 0.15) is 18.7 Å². The van der Waals surface area contributed by atoms with Crippen LogP contribution in [0.4, 0.5) is 5.69 Å². The molecule has 1 amide bonds. The highest BCUT2D eigenvalue weighted by Gasteiger charge is 2.13. The number of hydrogen-bond donors (Lipinski definition) is 1. The highest BCUT2D eigenvalue weighted by molar-refractivity contribution is 7.10. The maximum absolute atomic E-state index is 11.7. The average Bonchev–Trinajstić information content (AvgIpc) is 2.86. The minimum absolute atomic E-state index is 0.0237. The van der Waals surface area contributed by atoms with Gasteiger partial charge in [0.2, 0.25) is 5.91 Å². The second-order valence-corrected chi connectivity index (χ2v) is 5.59. The van der Waals surface area contributed by atoms with Crippen molar-refractivity contribution in [2.24, 2.45) is 10.9 Å². The molecule has 0 spiro atoms. The number of hydrogen-bond acceptors (Lipinski definition) is 4. The van der Waals surface area contributed by atoms with E-state index in [4.69, 9.17) is 0 Å². The second-order valence-electron chi connectivity index (χ2n) is 4.70. The molecule has 1 N–H and O–H groups in total. The Labute approximate surface area is 114 Å². The van der Waals surface area contributed by atoms with Gasteiger partial charge >= 0.3 is 0 Å². The predicted molar refractivity (Wildman–Crippen MR) is 75.3 cm³/mol. The zero-order chi connectivity index (χ0) is 13.4. The van der Waals surface area contributed by atoms with Crippen molar-refractivity contribution in [2.75, 3.05) is 5.32 Å². The number of benzene rings is 1.